The largest absolute Gasteiger partial charge is 0.497 e. The number of carbonyl (C=O) groups excluding carboxylic acids is 2. The second kappa shape index (κ2) is 8.84. The van der Waals surface area contributed by atoms with E-state index < -0.39 is 0 Å². The molecule has 0 spiro atoms. The van der Waals surface area contributed by atoms with Gasteiger partial charge >= 0.3 is 0 Å². The number of methoxy groups -OCH3 is 2. The summed E-state index contributed by atoms with van der Waals surface area (Å²) in [6.45, 7) is 1.67. The van der Waals surface area contributed by atoms with Gasteiger partial charge in [-0.05, 0) is 30.5 Å². The minimum Gasteiger partial charge on any atom is -0.497 e. The Morgan fingerprint density at radius 3 is 2.64 bits per heavy atom. The maximum absolute atomic E-state index is 12.1. The Bertz CT molecular complexity index is 772. The van der Waals surface area contributed by atoms with E-state index >= 15 is 0 Å². The normalized spacial score (nSPS) is 10.9. The molecule has 0 bridgehead atoms. The first-order valence-corrected chi connectivity index (χ1v) is 8.30. The van der Waals surface area contributed by atoms with Crippen molar-refractivity contribution in [3.8, 4) is 11.5 Å². The SMILES string of the molecule is COc1ccc(NC(=O)C/C(C)=N/NC(=O)c2cccs2)c(OC)c1. The molecule has 0 fully saturated rings. The number of hydrogen-bond acceptors (Lipinski definition) is 6. The van der Waals surface area contributed by atoms with Crippen LogP contribution in [0.5, 0.6) is 11.5 Å². The van der Waals surface area contributed by atoms with Crippen LogP contribution in [-0.2, 0) is 4.79 Å². The lowest BCUT2D eigenvalue weighted by Crippen LogP contribution is -2.21. The monoisotopic (exact) mass is 361 g/mol. The minimum absolute atomic E-state index is 0.0416. The number of rotatable bonds is 7. The van der Waals surface area contributed by atoms with Crippen molar-refractivity contribution >= 4 is 34.6 Å². The molecule has 2 amide bonds. The smallest absolute Gasteiger partial charge is 0.281 e. The van der Waals surface area contributed by atoms with Gasteiger partial charge in [0.1, 0.15) is 11.5 Å². The summed E-state index contributed by atoms with van der Waals surface area (Å²) < 4.78 is 10.3. The van der Waals surface area contributed by atoms with Gasteiger partial charge in [-0.1, -0.05) is 6.07 Å². The molecular formula is C17H19N3O4S. The quantitative estimate of drug-likeness (QED) is 0.586. The van der Waals surface area contributed by atoms with Crippen molar-refractivity contribution in [3.63, 3.8) is 0 Å². The molecule has 1 heterocycles. The first-order chi connectivity index (χ1) is 12.0. The average Bonchev–Trinajstić information content (AvgIpc) is 3.14. The fraction of sp³-hybridized carbons (Fsp3) is 0.235. The number of amides is 2. The number of hydrogen-bond donors (Lipinski definition) is 2. The molecule has 1 aromatic carbocycles. The summed E-state index contributed by atoms with van der Waals surface area (Å²) in [5, 5.41) is 8.50. The van der Waals surface area contributed by atoms with E-state index in [4.69, 9.17) is 9.47 Å². The van der Waals surface area contributed by atoms with Crippen LogP contribution in [0.2, 0.25) is 0 Å². The predicted octanol–water partition coefficient (Wildman–Crippen LogP) is 2.90. The van der Waals surface area contributed by atoms with Crippen molar-refractivity contribution in [2.75, 3.05) is 19.5 Å². The lowest BCUT2D eigenvalue weighted by atomic mass is 10.2. The van der Waals surface area contributed by atoms with E-state index in [1.54, 1.807) is 49.7 Å². The molecule has 0 radical (unpaired) electrons. The summed E-state index contributed by atoms with van der Waals surface area (Å²) >= 11 is 1.32. The zero-order valence-corrected chi connectivity index (χ0v) is 15.0. The Morgan fingerprint density at radius 2 is 2.00 bits per heavy atom. The summed E-state index contributed by atoms with van der Waals surface area (Å²) in [5.74, 6) is 0.554. The molecule has 0 atom stereocenters. The Balaban J connectivity index is 1.93. The molecule has 7 nitrogen and oxygen atoms in total. The third-order valence-corrected chi connectivity index (χ3v) is 4.06. The topological polar surface area (TPSA) is 89.0 Å². The molecule has 0 aliphatic heterocycles. The fourth-order valence-electron chi connectivity index (χ4n) is 1.98. The van der Waals surface area contributed by atoms with E-state index in [0.29, 0.717) is 27.8 Å². The third kappa shape index (κ3) is 5.32. The molecule has 0 aliphatic rings. The van der Waals surface area contributed by atoms with Gasteiger partial charge < -0.3 is 14.8 Å². The van der Waals surface area contributed by atoms with Crippen LogP contribution in [0.4, 0.5) is 5.69 Å². The minimum atomic E-state index is -0.299. The van der Waals surface area contributed by atoms with Crippen molar-refractivity contribution in [3.05, 3.63) is 40.6 Å². The van der Waals surface area contributed by atoms with Crippen LogP contribution in [0.15, 0.2) is 40.8 Å². The number of nitrogens with zero attached hydrogens (tertiary/aromatic N) is 1. The van der Waals surface area contributed by atoms with Crippen LogP contribution in [0.3, 0.4) is 0 Å². The van der Waals surface area contributed by atoms with Crippen LogP contribution >= 0.6 is 11.3 Å². The molecular weight excluding hydrogens is 342 g/mol. The molecule has 2 N–H and O–H groups in total. The van der Waals surface area contributed by atoms with Gasteiger partial charge in [0.25, 0.3) is 5.91 Å². The highest BCUT2D eigenvalue weighted by molar-refractivity contribution is 7.12. The van der Waals surface area contributed by atoms with Crippen LogP contribution in [0.25, 0.3) is 0 Å². The Morgan fingerprint density at radius 1 is 1.20 bits per heavy atom. The standard InChI is InChI=1S/C17H19N3O4S/c1-11(19-20-17(22)15-5-4-8-25-15)9-16(21)18-13-7-6-12(23-2)10-14(13)24-3/h4-8,10H,9H2,1-3H3,(H,18,21)(H,20,22)/b19-11+. The number of ether oxygens (including phenoxy) is 2. The van der Waals surface area contributed by atoms with Crippen molar-refractivity contribution in [2.24, 2.45) is 5.10 Å². The predicted molar refractivity (Wildman–Crippen MR) is 97.7 cm³/mol. The van der Waals surface area contributed by atoms with E-state index in [1.165, 1.54) is 18.4 Å². The van der Waals surface area contributed by atoms with Crippen LogP contribution in [0, 0.1) is 0 Å². The number of nitrogens with one attached hydrogen (secondary N) is 2. The maximum Gasteiger partial charge on any atom is 0.281 e. The zero-order chi connectivity index (χ0) is 18.2. The molecule has 2 rings (SSSR count). The molecule has 2 aromatic rings. The molecule has 0 saturated carbocycles. The number of thiophene rings is 1. The van der Waals surface area contributed by atoms with Gasteiger partial charge in [-0.2, -0.15) is 5.10 Å². The van der Waals surface area contributed by atoms with Crippen LogP contribution in [0.1, 0.15) is 23.0 Å². The van der Waals surface area contributed by atoms with Crippen LogP contribution < -0.4 is 20.2 Å². The van der Waals surface area contributed by atoms with E-state index in [-0.39, 0.29) is 18.2 Å². The van der Waals surface area contributed by atoms with Crippen LogP contribution in [-0.4, -0.2) is 31.7 Å². The molecule has 1 aromatic heterocycles. The molecule has 8 heteroatoms. The number of anilines is 1. The number of hydrazone groups is 1. The summed E-state index contributed by atoms with van der Waals surface area (Å²) in [4.78, 5) is 24.5. The first kappa shape index (κ1) is 18.5. The first-order valence-electron chi connectivity index (χ1n) is 7.42. The average molecular weight is 361 g/mol. The zero-order valence-electron chi connectivity index (χ0n) is 14.2. The summed E-state index contributed by atoms with van der Waals surface area (Å²) in [5.41, 5.74) is 3.44. The van der Waals surface area contributed by atoms with E-state index in [0.717, 1.165) is 0 Å². The Labute approximate surface area is 149 Å². The summed E-state index contributed by atoms with van der Waals surface area (Å²) in [6.07, 6.45) is 0.0416. The van der Waals surface area contributed by atoms with Gasteiger partial charge in [-0.15, -0.1) is 11.3 Å². The van der Waals surface area contributed by atoms with Gasteiger partial charge in [-0.25, -0.2) is 5.43 Å². The van der Waals surface area contributed by atoms with Gasteiger partial charge in [0.15, 0.2) is 0 Å². The summed E-state index contributed by atoms with van der Waals surface area (Å²) in [7, 11) is 3.06. The molecule has 0 unspecified atom stereocenters. The van der Waals surface area contributed by atoms with E-state index in [1.807, 2.05) is 0 Å². The number of carbonyl (C=O) groups is 2. The second-order valence-electron chi connectivity index (χ2n) is 5.06. The molecule has 0 aliphatic carbocycles. The Kier molecular flexibility index (Phi) is 6.53. The lowest BCUT2D eigenvalue weighted by Gasteiger charge is -2.11. The van der Waals surface area contributed by atoms with Crippen molar-refractivity contribution in [2.45, 2.75) is 13.3 Å². The number of benzene rings is 1. The van der Waals surface area contributed by atoms with Crippen molar-refractivity contribution < 1.29 is 19.1 Å². The lowest BCUT2D eigenvalue weighted by molar-refractivity contribution is -0.115. The van der Waals surface area contributed by atoms with Crippen molar-refractivity contribution in [1.29, 1.82) is 0 Å². The van der Waals surface area contributed by atoms with Gasteiger partial charge in [-0.3, -0.25) is 9.59 Å². The highest BCUT2D eigenvalue weighted by Crippen LogP contribution is 2.29. The molecule has 25 heavy (non-hydrogen) atoms. The second-order valence-corrected chi connectivity index (χ2v) is 6.00. The van der Waals surface area contributed by atoms with E-state index in [9.17, 15) is 9.59 Å². The molecule has 132 valence electrons. The highest BCUT2D eigenvalue weighted by Gasteiger charge is 2.11. The Hall–Kier alpha value is -2.87. The third-order valence-electron chi connectivity index (χ3n) is 3.19. The van der Waals surface area contributed by atoms with Gasteiger partial charge in [0.2, 0.25) is 5.91 Å². The fourth-order valence-corrected chi connectivity index (χ4v) is 2.59. The van der Waals surface area contributed by atoms with E-state index in [2.05, 4.69) is 15.8 Å². The summed E-state index contributed by atoms with van der Waals surface area (Å²) in [6, 6.07) is 8.58. The van der Waals surface area contributed by atoms with Gasteiger partial charge in [0, 0.05) is 11.8 Å². The maximum atomic E-state index is 12.1. The highest BCUT2D eigenvalue weighted by atomic mass is 32.1. The van der Waals surface area contributed by atoms with Gasteiger partial charge in [0.05, 0.1) is 31.2 Å². The van der Waals surface area contributed by atoms with Crippen molar-refractivity contribution in [1.82, 2.24) is 5.43 Å². The molecule has 0 saturated heterocycles.